The van der Waals surface area contributed by atoms with Crippen LogP contribution in [-0.2, 0) is 4.79 Å². The van der Waals surface area contributed by atoms with Gasteiger partial charge in [0.1, 0.15) is 5.75 Å². The van der Waals surface area contributed by atoms with Crippen molar-refractivity contribution < 1.29 is 14.6 Å². The van der Waals surface area contributed by atoms with Crippen LogP contribution in [0.15, 0.2) is 24.3 Å². The van der Waals surface area contributed by atoms with E-state index in [1.807, 2.05) is 39.0 Å². The number of rotatable bonds is 7. The Morgan fingerprint density at radius 1 is 1.38 bits per heavy atom. The highest BCUT2D eigenvalue weighted by atomic mass is 16.5. The Morgan fingerprint density at radius 2 is 2.05 bits per heavy atom. The molecule has 0 aliphatic heterocycles. The number of carbonyl (C=O) groups excluding carboxylic acids is 1. The Balaban J connectivity index is 2.85. The Bertz CT molecular complexity index is 496. The molecule has 0 saturated carbocycles. The first kappa shape index (κ1) is 17.2. The van der Waals surface area contributed by atoms with Crippen molar-refractivity contribution in [1.29, 1.82) is 0 Å². The number of nitrogens with one attached hydrogen (secondary N) is 1. The van der Waals surface area contributed by atoms with E-state index in [9.17, 15) is 9.90 Å². The molecule has 0 radical (unpaired) electrons. The van der Waals surface area contributed by atoms with Gasteiger partial charge in [0.25, 0.3) is 0 Å². The van der Waals surface area contributed by atoms with Gasteiger partial charge in [0.15, 0.2) is 0 Å². The van der Waals surface area contributed by atoms with Gasteiger partial charge >= 0.3 is 0 Å². The van der Waals surface area contributed by atoms with Crippen LogP contribution in [0.1, 0.15) is 37.8 Å². The van der Waals surface area contributed by atoms with Crippen molar-refractivity contribution in [1.82, 2.24) is 5.32 Å². The molecule has 0 aliphatic rings. The lowest BCUT2D eigenvalue weighted by Gasteiger charge is -2.30. The van der Waals surface area contributed by atoms with Crippen molar-refractivity contribution in [2.24, 2.45) is 0 Å². The van der Waals surface area contributed by atoms with Crippen molar-refractivity contribution in [3.05, 3.63) is 35.4 Å². The summed E-state index contributed by atoms with van der Waals surface area (Å²) >= 11 is 0. The van der Waals surface area contributed by atoms with E-state index >= 15 is 0 Å². The van der Waals surface area contributed by atoms with Gasteiger partial charge in [-0.25, -0.2) is 0 Å². The first-order chi connectivity index (χ1) is 10.00. The summed E-state index contributed by atoms with van der Waals surface area (Å²) in [7, 11) is 1.60. The van der Waals surface area contributed by atoms with Crippen LogP contribution in [0.3, 0.4) is 0 Å². The number of benzene rings is 1. The smallest absolute Gasteiger partial charge is 0.244 e. The van der Waals surface area contributed by atoms with Gasteiger partial charge in [-0.05, 0) is 38.0 Å². The number of methoxy groups -OCH3 is 1. The fourth-order valence-electron chi connectivity index (χ4n) is 2.14. The molecule has 1 aromatic carbocycles. The lowest BCUT2D eigenvalue weighted by molar-refractivity contribution is -0.119. The van der Waals surface area contributed by atoms with Crippen molar-refractivity contribution >= 4 is 12.0 Å². The van der Waals surface area contributed by atoms with Gasteiger partial charge in [0, 0.05) is 11.6 Å². The average molecular weight is 291 g/mol. The van der Waals surface area contributed by atoms with Crippen LogP contribution in [0.5, 0.6) is 5.75 Å². The third-order valence-electron chi connectivity index (χ3n) is 3.84. The number of hydrogen-bond acceptors (Lipinski definition) is 3. The van der Waals surface area contributed by atoms with Crippen LogP contribution < -0.4 is 10.1 Å². The molecule has 0 saturated heterocycles. The number of carbonyl (C=O) groups is 1. The van der Waals surface area contributed by atoms with Crippen molar-refractivity contribution in [2.45, 2.75) is 39.2 Å². The molecule has 1 amide bonds. The lowest BCUT2D eigenvalue weighted by atomic mass is 9.94. The predicted molar refractivity (Wildman–Crippen MR) is 85.3 cm³/mol. The monoisotopic (exact) mass is 291 g/mol. The molecule has 0 atom stereocenters. The van der Waals surface area contributed by atoms with Gasteiger partial charge in [-0.3, -0.25) is 4.79 Å². The molecule has 2 N–H and O–H groups in total. The minimum absolute atomic E-state index is 0.0622. The number of aryl methyl sites for hydroxylation is 1. The number of amides is 1. The largest absolute Gasteiger partial charge is 0.496 e. The van der Waals surface area contributed by atoms with Crippen LogP contribution in [0, 0.1) is 6.92 Å². The second-order valence-electron chi connectivity index (χ2n) is 5.21. The Hall–Kier alpha value is -1.81. The third kappa shape index (κ3) is 4.60. The molecule has 4 nitrogen and oxygen atoms in total. The second kappa shape index (κ2) is 7.84. The van der Waals surface area contributed by atoms with E-state index in [0.717, 1.165) is 16.9 Å². The molecule has 116 valence electrons. The molecular formula is C17H25NO3. The predicted octanol–water partition coefficient (Wildman–Crippen LogP) is 2.68. The van der Waals surface area contributed by atoms with Gasteiger partial charge in [-0.2, -0.15) is 0 Å². The zero-order chi connectivity index (χ0) is 15.9. The molecule has 0 aliphatic carbocycles. The van der Waals surface area contributed by atoms with E-state index in [1.165, 1.54) is 6.08 Å². The number of aliphatic hydroxyl groups excluding tert-OH is 1. The first-order valence-corrected chi connectivity index (χ1v) is 7.26. The van der Waals surface area contributed by atoms with Crippen LogP contribution in [0.4, 0.5) is 0 Å². The topological polar surface area (TPSA) is 58.6 Å². The molecular weight excluding hydrogens is 266 g/mol. The lowest BCUT2D eigenvalue weighted by Crippen LogP contribution is -2.49. The number of aliphatic hydroxyl groups is 1. The molecule has 21 heavy (non-hydrogen) atoms. The maximum absolute atomic E-state index is 12.0. The maximum atomic E-state index is 12.0. The van der Waals surface area contributed by atoms with E-state index in [1.54, 1.807) is 13.2 Å². The highest BCUT2D eigenvalue weighted by Gasteiger charge is 2.26. The van der Waals surface area contributed by atoms with Crippen molar-refractivity contribution in [2.75, 3.05) is 13.7 Å². The summed E-state index contributed by atoms with van der Waals surface area (Å²) in [5.41, 5.74) is 1.41. The van der Waals surface area contributed by atoms with Gasteiger partial charge < -0.3 is 15.2 Å². The van der Waals surface area contributed by atoms with E-state index in [0.29, 0.717) is 12.8 Å². The third-order valence-corrected chi connectivity index (χ3v) is 3.84. The summed E-state index contributed by atoms with van der Waals surface area (Å²) in [5, 5.41) is 12.4. The van der Waals surface area contributed by atoms with Gasteiger partial charge in [-0.1, -0.05) is 25.5 Å². The molecule has 0 spiro atoms. The molecule has 0 fully saturated rings. The maximum Gasteiger partial charge on any atom is 0.244 e. The van der Waals surface area contributed by atoms with Gasteiger partial charge in [0.05, 0.1) is 19.3 Å². The van der Waals surface area contributed by atoms with Crippen LogP contribution in [0.25, 0.3) is 6.08 Å². The zero-order valence-electron chi connectivity index (χ0n) is 13.3. The summed E-state index contributed by atoms with van der Waals surface area (Å²) in [6, 6.07) is 5.80. The average Bonchev–Trinajstić information content (AvgIpc) is 2.51. The molecule has 0 bridgehead atoms. The Kier molecular flexibility index (Phi) is 6.43. The zero-order valence-corrected chi connectivity index (χ0v) is 13.3. The Labute approximate surface area is 126 Å². The Morgan fingerprint density at radius 3 is 2.57 bits per heavy atom. The molecule has 1 aromatic rings. The van der Waals surface area contributed by atoms with E-state index in [4.69, 9.17) is 4.74 Å². The highest BCUT2D eigenvalue weighted by Crippen LogP contribution is 2.21. The summed E-state index contributed by atoms with van der Waals surface area (Å²) in [6.45, 7) is 5.83. The number of ether oxygens (including phenoxy) is 1. The van der Waals surface area contributed by atoms with Gasteiger partial charge in [0.2, 0.25) is 5.91 Å². The second-order valence-corrected chi connectivity index (χ2v) is 5.21. The van der Waals surface area contributed by atoms with Crippen LogP contribution >= 0.6 is 0 Å². The number of hydrogen-bond donors (Lipinski definition) is 2. The molecule has 0 unspecified atom stereocenters. The first-order valence-electron chi connectivity index (χ1n) is 7.26. The van der Waals surface area contributed by atoms with Crippen molar-refractivity contribution in [3.8, 4) is 5.75 Å². The molecule has 1 rings (SSSR count). The summed E-state index contributed by atoms with van der Waals surface area (Å²) < 4.78 is 5.27. The van der Waals surface area contributed by atoms with Gasteiger partial charge in [-0.15, -0.1) is 0 Å². The highest BCUT2D eigenvalue weighted by molar-refractivity contribution is 5.92. The molecule has 0 heterocycles. The van der Waals surface area contributed by atoms with E-state index < -0.39 is 5.54 Å². The standard InChI is InChI=1S/C17H25NO3/c1-5-17(6-2,12-19)18-16(20)10-8-14-11-13(3)7-9-15(14)21-4/h7-11,19H,5-6,12H2,1-4H3,(H,18,20). The van der Waals surface area contributed by atoms with Crippen LogP contribution in [-0.4, -0.2) is 30.3 Å². The minimum Gasteiger partial charge on any atom is -0.496 e. The van der Waals surface area contributed by atoms with Crippen LogP contribution in [0.2, 0.25) is 0 Å². The molecule has 4 heteroatoms. The molecule has 0 aromatic heterocycles. The SMILES string of the molecule is CCC(CC)(CO)NC(=O)C=Cc1cc(C)ccc1OC. The van der Waals surface area contributed by atoms with E-state index in [2.05, 4.69) is 5.32 Å². The normalized spacial score (nSPS) is 11.7. The summed E-state index contributed by atoms with van der Waals surface area (Å²) in [5.74, 6) is 0.514. The minimum atomic E-state index is -0.544. The van der Waals surface area contributed by atoms with E-state index in [-0.39, 0.29) is 12.5 Å². The summed E-state index contributed by atoms with van der Waals surface area (Å²) in [4.78, 5) is 12.0. The summed E-state index contributed by atoms with van der Waals surface area (Å²) in [6.07, 6.45) is 4.59. The fourth-order valence-corrected chi connectivity index (χ4v) is 2.14. The fraction of sp³-hybridized carbons (Fsp3) is 0.471. The van der Waals surface area contributed by atoms with Crippen molar-refractivity contribution in [3.63, 3.8) is 0 Å². The quantitative estimate of drug-likeness (QED) is 0.759.